The van der Waals surface area contributed by atoms with Crippen molar-refractivity contribution in [1.82, 2.24) is 9.78 Å². The highest BCUT2D eigenvalue weighted by molar-refractivity contribution is 6.10. The lowest BCUT2D eigenvalue weighted by molar-refractivity contribution is 0.103. The molecule has 2 rings (SSSR count). The summed E-state index contributed by atoms with van der Waals surface area (Å²) < 4.78 is 2.00. The highest BCUT2D eigenvalue weighted by Crippen LogP contribution is 2.18. The van der Waals surface area contributed by atoms with E-state index in [4.69, 9.17) is 0 Å². The first-order valence-electron chi connectivity index (χ1n) is 8.29. The fraction of sp³-hybridized carbons (Fsp3) is 0.474. The van der Waals surface area contributed by atoms with Gasteiger partial charge in [-0.1, -0.05) is 62.9 Å². The number of nitrogens with zero attached hydrogens (tertiary/aromatic N) is 2. The molecule has 0 radical (unpaired) electrons. The summed E-state index contributed by atoms with van der Waals surface area (Å²) in [6, 6.07) is 9.45. The Morgan fingerprint density at radius 1 is 1.05 bits per heavy atom. The molecule has 3 nitrogen and oxygen atoms in total. The van der Waals surface area contributed by atoms with E-state index in [0.29, 0.717) is 0 Å². The number of hydrogen-bond acceptors (Lipinski definition) is 2. The predicted octanol–water partition coefficient (Wildman–Crippen LogP) is 4.70. The molecule has 1 heterocycles. The first kappa shape index (κ1) is 16.5. The maximum atomic E-state index is 12.7. The van der Waals surface area contributed by atoms with Crippen molar-refractivity contribution < 1.29 is 4.79 Å². The van der Waals surface area contributed by atoms with E-state index in [1.165, 1.54) is 25.7 Å². The molecule has 0 bridgehead atoms. The molecular weight excluding hydrogens is 272 g/mol. The Labute approximate surface area is 133 Å². The summed E-state index contributed by atoms with van der Waals surface area (Å²) in [5.74, 6) is 0.0767. The van der Waals surface area contributed by atoms with Crippen molar-refractivity contribution in [1.29, 1.82) is 0 Å². The summed E-state index contributed by atoms with van der Waals surface area (Å²) in [6.45, 7) is 7.06. The summed E-state index contributed by atoms with van der Waals surface area (Å²) in [7, 11) is 0. The normalized spacial score (nSPS) is 10.9. The van der Waals surface area contributed by atoms with Crippen molar-refractivity contribution >= 4 is 5.78 Å². The van der Waals surface area contributed by atoms with Gasteiger partial charge in [0.15, 0.2) is 5.78 Å². The molecule has 118 valence electrons. The van der Waals surface area contributed by atoms with E-state index in [1.54, 1.807) is 0 Å². The van der Waals surface area contributed by atoms with Gasteiger partial charge in [-0.25, -0.2) is 0 Å². The molecule has 0 saturated carbocycles. The van der Waals surface area contributed by atoms with Crippen LogP contribution < -0.4 is 0 Å². The summed E-state index contributed by atoms with van der Waals surface area (Å²) in [5, 5.41) is 4.57. The zero-order chi connectivity index (χ0) is 15.9. The Morgan fingerprint density at radius 2 is 1.73 bits per heavy atom. The van der Waals surface area contributed by atoms with E-state index in [2.05, 4.69) is 12.0 Å². The average molecular weight is 298 g/mol. The largest absolute Gasteiger partial charge is 0.288 e. The second-order valence-corrected chi connectivity index (χ2v) is 5.88. The van der Waals surface area contributed by atoms with Crippen molar-refractivity contribution in [3.8, 4) is 0 Å². The SMILES string of the molecule is CCCCCCCn1nc(C)c(C(=O)c2ccccc2)c1C. The molecule has 22 heavy (non-hydrogen) atoms. The van der Waals surface area contributed by atoms with Crippen LogP contribution in [0, 0.1) is 13.8 Å². The Bertz CT molecular complexity index is 614. The van der Waals surface area contributed by atoms with Gasteiger partial charge in [0.2, 0.25) is 0 Å². The molecule has 0 aliphatic heterocycles. The number of unbranched alkanes of at least 4 members (excludes halogenated alkanes) is 4. The van der Waals surface area contributed by atoms with Crippen molar-refractivity contribution in [3.63, 3.8) is 0 Å². The molecule has 0 saturated heterocycles. The fourth-order valence-electron chi connectivity index (χ4n) is 2.84. The van der Waals surface area contributed by atoms with Crippen molar-refractivity contribution in [3.05, 3.63) is 52.8 Å². The molecule has 0 N–H and O–H groups in total. The summed E-state index contributed by atoms with van der Waals surface area (Å²) in [5.41, 5.74) is 3.32. The monoisotopic (exact) mass is 298 g/mol. The zero-order valence-electron chi connectivity index (χ0n) is 13.9. The quantitative estimate of drug-likeness (QED) is 0.523. The Kier molecular flexibility index (Phi) is 5.93. The van der Waals surface area contributed by atoms with E-state index in [1.807, 2.05) is 48.9 Å². The lowest BCUT2D eigenvalue weighted by Crippen LogP contribution is -2.06. The highest BCUT2D eigenvalue weighted by atomic mass is 16.1. The minimum Gasteiger partial charge on any atom is -0.288 e. The van der Waals surface area contributed by atoms with Gasteiger partial charge >= 0.3 is 0 Å². The van der Waals surface area contributed by atoms with Gasteiger partial charge in [-0.05, 0) is 20.3 Å². The molecule has 0 amide bonds. The molecular formula is C19H26N2O. The fourth-order valence-corrected chi connectivity index (χ4v) is 2.84. The van der Waals surface area contributed by atoms with E-state index in [9.17, 15) is 4.79 Å². The van der Waals surface area contributed by atoms with Gasteiger partial charge in [0.1, 0.15) is 0 Å². The standard InChI is InChI=1S/C19H26N2O/c1-4-5-6-7-11-14-21-16(3)18(15(2)20-21)19(22)17-12-9-8-10-13-17/h8-10,12-13H,4-7,11,14H2,1-3H3. The molecule has 0 spiro atoms. The van der Waals surface area contributed by atoms with Gasteiger partial charge in [0.25, 0.3) is 0 Å². The van der Waals surface area contributed by atoms with Crippen molar-refractivity contribution in [2.75, 3.05) is 0 Å². The van der Waals surface area contributed by atoms with Gasteiger partial charge in [-0.2, -0.15) is 5.10 Å². The maximum Gasteiger partial charge on any atom is 0.196 e. The van der Waals surface area contributed by atoms with Crippen molar-refractivity contribution in [2.45, 2.75) is 59.4 Å². The maximum absolute atomic E-state index is 12.7. The summed E-state index contributed by atoms with van der Waals surface area (Å²) >= 11 is 0. The Hall–Kier alpha value is -1.90. The minimum atomic E-state index is 0.0767. The van der Waals surface area contributed by atoms with Crippen LogP contribution in [0.3, 0.4) is 0 Å². The van der Waals surface area contributed by atoms with E-state index in [-0.39, 0.29) is 5.78 Å². The molecule has 1 aromatic carbocycles. The zero-order valence-corrected chi connectivity index (χ0v) is 13.9. The van der Waals surface area contributed by atoms with Gasteiger partial charge in [0, 0.05) is 17.8 Å². The number of benzene rings is 1. The molecule has 0 atom stereocenters. The molecule has 0 aliphatic rings. The topological polar surface area (TPSA) is 34.9 Å². The van der Waals surface area contributed by atoms with Crippen LogP contribution in [0.4, 0.5) is 0 Å². The molecule has 3 heteroatoms. The van der Waals surface area contributed by atoms with Gasteiger partial charge < -0.3 is 0 Å². The van der Waals surface area contributed by atoms with Crippen LogP contribution in [0.1, 0.15) is 66.3 Å². The third-order valence-electron chi connectivity index (χ3n) is 4.12. The predicted molar refractivity (Wildman–Crippen MR) is 90.3 cm³/mol. The number of carbonyl (C=O) groups is 1. The van der Waals surface area contributed by atoms with E-state index in [0.717, 1.165) is 35.5 Å². The minimum absolute atomic E-state index is 0.0767. The van der Waals surface area contributed by atoms with Crippen LogP contribution >= 0.6 is 0 Å². The number of rotatable bonds is 8. The van der Waals surface area contributed by atoms with Crippen LogP contribution in [-0.2, 0) is 6.54 Å². The number of carbonyl (C=O) groups excluding carboxylic acids is 1. The third kappa shape index (κ3) is 3.85. The number of hydrogen-bond donors (Lipinski definition) is 0. The van der Waals surface area contributed by atoms with E-state index >= 15 is 0 Å². The Morgan fingerprint density at radius 3 is 2.41 bits per heavy atom. The number of aromatic nitrogens is 2. The lowest BCUT2D eigenvalue weighted by atomic mass is 10.0. The molecule has 0 fully saturated rings. The van der Waals surface area contributed by atoms with Gasteiger partial charge in [0.05, 0.1) is 11.3 Å². The van der Waals surface area contributed by atoms with E-state index < -0.39 is 0 Å². The first-order chi connectivity index (χ1) is 10.6. The first-order valence-corrected chi connectivity index (χ1v) is 8.29. The van der Waals surface area contributed by atoms with Crippen LogP contribution in [0.15, 0.2) is 30.3 Å². The van der Waals surface area contributed by atoms with Gasteiger partial charge in [-0.15, -0.1) is 0 Å². The van der Waals surface area contributed by atoms with Crippen molar-refractivity contribution in [2.24, 2.45) is 0 Å². The van der Waals surface area contributed by atoms with Crippen LogP contribution in [0.25, 0.3) is 0 Å². The van der Waals surface area contributed by atoms with Gasteiger partial charge in [-0.3, -0.25) is 9.48 Å². The summed E-state index contributed by atoms with van der Waals surface area (Å²) in [4.78, 5) is 12.7. The molecule has 0 aliphatic carbocycles. The average Bonchev–Trinajstić information content (AvgIpc) is 2.81. The summed E-state index contributed by atoms with van der Waals surface area (Å²) in [6.07, 6.45) is 6.20. The van der Waals surface area contributed by atoms with Crippen LogP contribution in [0.5, 0.6) is 0 Å². The lowest BCUT2D eigenvalue weighted by Gasteiger charge is -2.05. The van der Waals surface area contributed by atoms with Crippen LogP contribution in [-0.4, -0.2) is 15.6 Å². The number of ketones is 1. The molecule has 1 aromatic heterocycles. The van der Waals surface area contributed by atoms with Crippen LogP contribution in [0.2, 0.25) is 0 Å². The Balaban J connectivity index is 2.09. The molecule has 0 unspecified atom stereocenters. The second-order valence-electron chi connectivity index (χ2n) is 5.88. The smallest absolute Gasteiger partial charge is 0.196 e. The third-order valence-corrected chi connectivity index (χ3v) is 4.12. The second kappa shape index (κ2) is 7.92. The number of aryl methyl sites for hydroxylation is 2. The molecule has 2 aromatic rings. The highest BCUT2D eigenvalue weighted by Gasteiger charge is 2.19.